The molecule has 0 unspecified atom stereocenters. The highest BCUT2D eigenvalue weighted by Crippen LogP contribution is 2.57. The van der Waals surface area contributed by atoms with Crippen LogP contribution in [0.2, 0.25) is 0 Å². The highest BCUT2D eigenvalue weighted by Gasteiger charge is 2.47. The van der Waals surface area contributed by atoms with E-state index in [0.29, 0.717) is 57.6 Å². The van der Waals surface area contributed by atoms with E-state index < -0.39 is 65.9 Å². The molecule has 0 radical (unpaired) electrons. The second-order valence-corrected chi connectivity index (χ2v) is 41.1. The third-order valence-corrected chi connectivity index (χ3v) is 25.8. The van der Waals surface area contributed by atoms with Gasteiger partial charge in [0.25, 0.3) is 6.71 Å². The Morgan fingerprint density at radius 3 is 0.862 bits per heavy atom. The first-order valence-electron chi connectivity index (χ1n) is 49.2. The Labute approximate surface area is 778 Å². The monoisotopic (exact) mass is 1700 g/mol. The van der Waals surface area contributed by atoms with Crippen molar-refractivity contribution in [2.45, 2.75) is 157 Å². The zero-order valence-electron chi connectivity index (χ0n) is 85.3. The SMILES string of the molecule is [2H]c1c([2H])c([2H])c2c(c1[2H])c1c([2H])c([2H])c([2H])c([2H])c1n2-c1ccc2c(c1)N(c1c(-c3ccccc3)cc(C(C)(C)C)cc1-c1nc(-c3ccccc3)nc(-c3ccccc3)n1)c1cc(-c3cc(C(C)(C)C)cc(C(C)(C)C)c3)cc3c1B2c1ccc(-c2cc(C(C)(C)C)cc(C(C)(C)C)c2)cc1N3c1c(-c2ccccc2)cc(C(C)(C)C)cc1-c1nc(-c2ccccc2)nc(-c2ccccc2)n1. The van der Waals surface area contributed by atoms with Crippen molar-refractivity contribution in [3.63, 3.8) is 0 Å². The summed E-state index contributed by atoms with van der Waals surface area (Å²) in [7, 11) is 0. The fourth-order valence-corrected chi connectivity index (χ4v) is 18.4. The molecule has 0 bridgehead atoms. The lowest BCUT2D eigenvalue weighted by atomic mass is 9.33. The molecule has 2 aliphatic rings. The van der Waals surface area contributed by atoms with Gasteiger partial charge in [0.05, 0.1) is 33.4 Å². The van der Waals surface area contributed by atoms with Gasteiger partial charge in [-0.15, -0.1) is 0 Å². The first-order chi connectivity index (χ1) is 65.5. The summed E-state index contributed by atoms with van der Waals surface area (Å²) in [6, 6.07) is 99.5. The van der Waals surface area contributed by atoms with E-state index in [4.69, 9.17) is 29.9 Å². The second-order valence-electron chi connectivity index (χ2n) is 41.1. The van der Waals surface area contributed by atoms with E-state index in [0.717, 1.165) is 134 Å². The molecule has 0 fully saturated rings. The van der Waals surface area contributed by atoms with Gasteiger partial charge in [-0.05, 0) is 182 Å². The second kappa shape index (κ2) is 31.9. The number of para-hydroxylation sites is 2. The zero-order valence-corrected chi connectivity index (χ0v) is 77.3. The van der Waals surface area contributed by atoms with Crippen molar-refractivity contribution in [1.82, 2.24) is 34.5 Å². The van der Waals surface area contributed by atoms with E-state index in [2.05, 4.69) is 316 Å². The Kier molecular flexibility index (Phi) is 18.4. The fourth-order valence-electron chi connectivity index (χ4n) is 18.4. The number of hydrogen-bond acceptors (Lipinski definition) is 8. The van der Waals surface area contributed by atoms with Crippen LogP contribution in [-0.2, 0) is 32.5 Å². The molecule has 130 heavy (non-hydrogen) atoms. The summed E-state index contributed by atoms with van der Waals surface area (Å²) < 4.78 is 79.6. The standard InChI is InChI=1S/C120H110BN9/c1-115(2,3)85-61-82(62-86(68-85)116(4,5)6)81-57-59-98-102(65-81)129(107-94(75-41-25-19-26-42-75)70-89(119(13,14)15)72-96(107)113-124-109(77-45-29-21-30-46-77)122-110(125-113)78-47-31-22-32-48-78)104-66-84(83-63-87(117(7,8)9)69-88(64-83)118(10,11)12)67-105-106(104)121(98)99-60-58-91(128-100-55-39-37-53-92(100)93-54-38-40-56-101(93)128)74-103(99)130(105)108-95(76-43-27-20-28-44-76)71-90(120(16,17)18)73-97(108)114-126-111(79-49-33-23-34-50-79)123-112(127-114)80-51-35-24-36-52-80/h19-74H,1-18H3/i37D,38D,39D,40D,53D,54D,55D,56D. The Morgan fingerprint density at radius 2 is 0.515 bits per heavy atom. The fraction of sp³-hybridized carbons (Fsp3) is 0.200. The lowest BCUT2D eigenvalue weighted by Crippen LogP contribution is -2.61. The third-order valence-electron chi connectivity index (χ3n) is 25.8. The summed E-state index contributed by atoms with van der Waals surface area (Å²) in [5.74, 6) is 2.70. The molecular weight excluding hydrogens is 1580 g/mol. The van der Waals surface area contributed by atoms with Gasteiger partial charge in [0, 0.05) is 83.7 Å². The van der Waals surface area contributed by atoms with Crippen LogP contribution < -0.4 is 26.2 Å². The van der Waals surface area contributed by atoms with Gasteiger partial charge in [-0.1, -0.05) is 397 Å². The van der Waals surface area contributed by atoms with Gasteiger partial charge in [-0.25, -0.2) is 29.9 Å². The van der Waals surface area contributed by atoms with Crippen LogP contribution in [0.15, 0.2) is 340 Å². The van der Waals surface area contributed by atoms with Gasteiger partial charge in [0.1, 0.15) is 0 Å². The van der Waals surface area contributed by atoms with E-state index in [1.165, 1.54) is 11.1 Å². The number of fused-ring (bicyclic) bond motifs is 7. The van der Waals surface area contributed by atoms with Crippen molar-refractivity contribution >= 4 is 79.0 Å². The summed E-state index contributed by atoms with van der Waals surface area (Å²) in [5, 5.41) is -0.0772. The molecule has 0 aliphatic carbocycles. The Bertz CT molecular complexity index is 7710. The first kappa shape index (κ1) is 74.8. The summed E-state index contributed by atoms with van der Waals surface area (Å²) in [6.45, 7) is 40.2. The highest BCUT2D eigenvalue weighted by molar-refractivity contribution is 7.00. The molecule has 0 N–H and O–H groups in total. The van der Waals surface area contributed by atoms with Gasteiger partial charge in [0.15, 0.2) is 34.9 Å². The molecule has 18 aromatic rings. The molecule has 638 valence electrons. The van der Waals surface area contributed by atoms with E-state index in [-0.39, 0.29) is 43.5 Å². The Balaban J connectivity index is 1.04. The van der Waals surface area contributed by atoms with Crippen LogP contribution in [0.3, 0.4) is 0 Å². The minimum atomic E-state index is -0.692. The van der Waals surface area contributed by atoms with Gasteiger partial charge < -0.3 is 14.4 Å². The van der Waals surface area contributed by atoms with Gasteiger partial charge in [-0.2, -0.15) is 0 Å². The molecule has 0 atom stereocenters. The van der Waals surface area contributed by atoms with Crippen molar-refractivity contribution in [2.75, 3.05) is 9.80 Å². The average Bonchev–Trinajstić information content (AvgIpc) is 1.24. The van der Waals surface area contributed by atoms with Crippen molar-refractivity contribution in [3.05, 3.63) is 373 Å². The molecule has 9 nitrogen and oxygen atoms in total. The van der Waals surface area contributed by atoms with E-state index >= 15 is 0 Å². The van der Waals surface area contributed by atoms with Crippen LogP contribution in [0.5, 0.6) is 0 Å². The molecule has 20 rings (SSSR count). The summed E-state index contributed by atoms with van der Waals surface area (Å²) >= 11 is 0. The van der Waals surface area contributed by atoms with Crippen molar-refractivity contribution in [3.8, 4) is 119 Å². The van der Waals surface area contributed by atoms with Gasteiger partial charge >= 0.3 is 0 Å². The molecule has 0 saturated carbocycles. The number of hydrogen-bond donors (Lipinski definition) is 0. The molecular formula is C120H110BN9. The van der Waals surface area contributed by atoms with Crippen molar-refractivity contribution in [1.29, 1.82) is 0 Å². The smallest absolute Gasteiger partial charge is 0.252 e. The zero-order chi connectivity index (χ0) is 97.2. The predicted molar refractivity (Wildman–Crippen MR) is 548 cm³/mol. The Morgan fingerprint density at radius 1 is 0.238 bits per heavy atom. The average molecular weight is 1700 g/mol. The molecule has 0 saturated heterocycles. The molecule has 3 aromatic heterocycles. The lowest BCUT2D eigenvalue weighted by Gasteiger charge is -2.46. The van der Waals surface area contributed by atoms with Crippen molar-refractivity contribution in [2.24, 2.45) is 0 Å². The minimum absolute atomic E-state index is 0.0142. The van der Waals surface area contributed by atoms with Crippen LogP contribution in [0, 0.1) is 0 Å². The van der Waals surface area contributed by atoms with Gasteiger partial charge in [-0.3, -0.25) is 0 Å². The maximum atomic E-state index is 10.2. The van der Waals surface area contributed by atoms with Crippen molar-refractivity contribution < 1.29 is 11.0 Å². The summed E-state index contributed by atoms with van der Waals surface area (Å²) in [5.41, 5.74) is 23.9. The Hall–Kier alpha value is -14.2. The summed E-state index contributed by atoms with van der Waals surface area (Å²) in [6.07, 6.45) is 0. The topological polar surface area (TPSA) is 88.8 Å². The van der Waals surface area contributed by atoms with E-state index in [9.17, 15) is 11.0 Å². The summed E-state index contributed by atoms with van der Waals surface area (Å²) in [4.78, 5) is 39.0. The molecule has 2 aliphatic heterocycles. The first-order valence-corrected chi connectivity index (χ1v) is 45.2. The highest BCUT2D eigenvalue weighted by atomic mass is 15.2. The number of anilines is 6. The van der Waals surface area contributed by atoms with E-state index in [1.807, 2.05) is 109 Å². The number of benzene rings is 15. The largest absolute Gasteiger partial charge is 0.310 e. The van der Waals surface area contributed by atoms with Crippen LogP contribution >= 0.6 is 0 Å². The maximum Gasteiger partial charge on any atom is 0.252 e. The minimum Gasteiger partial charge on any atom is -0.310 e. The lowest BCUT2D eigenvalue weighted by molar-refractivity contribution is 0.568. The maximum absolute atomic E-state index is 10.2. The van der Waals surface area contributed by atoms with Crippen LogP contribution in [0.4, 0.5) is 34.1 Å². The normalized spacial score (nSPS) is 13.8. The van der Waals surface area contributed by atoms with Crippen LogP contribution in [-0.4, -0.2) is 41.2 Å². The molecule has 5 heterocycles. The quantitative estimate of drug-likeness (QED) is 0.106. The van der Waals surface area contributed by atoms with Crippen LogP contribution in [0.1, 0.15) is 169 Å². The van der Waals surface area contributed by atoms with Gasteiger partial charge in [0.2, 0.25) is 0 Å². The molecule has 15 aromatic carbocycles. The van der Waals surface area contributed by atoms with Crippen LogP contribution in [0.25, 0.3) is 140 Å². The third kappa shape index (κ3) is 15.5. The molecule has 10 heteroatoms. The predicted octanol–water partition coefficient (Wildman–Crippen LogP) is 29.7. The number of nitrogens with zero attached hydrogens (tertiary/aromatic N) is 9. The van der Waals surface area contributed by atoms with E-state index in [1.54, 1.807) is 4.57 Å². The molecule has 0 amide bonds. The molecule has 0 spiro atoms. The number of aromatic nitrogens is 7. The number of rotatable bonds is 13.